The largest absolute Gasteiger partial charge is 0.488 e. The summed E-state index contributed by atoms with van der Waals surface area (Å²) in [6.45, 7) is 7.58. The lowest BCUT2D eigenvalue weighted by molar-refractivity contribution is -0.129. The number of aromatic nitrogens is 1. The number of amides is 2. The number of fused-ring (bicyclic) bond motifs is 1. The van der Waals surface area contributed by atoms with Crippen LogP contribution in [0.15, 0.2) is 12.3 Å². The lowest BCUT2D eigenvalue weighted by Gasteiger charge is -2.29. The topological polar surface area (TPSA) is 74.8 Å². The molecule has 0 spiro atoms. The van der Waals surface area contributed by atoms with Gasteiger partial charge in [-0.05, 0) is 18.4 Å². The van der Waals surface area contributed by atoms with Crippen molar-refractivity contribution < 1.29 is 14.3 Å². The van der Waals surface area contributed by atoms with Crippen LogP contribution in [0, 0.1) is 5.92 Å². The summed E-state index contributed by atoms with van der Waals surface area (Å²) in [5.74, 6) is 1.71. The Bertz CT molecular complexity index is 676. The highest BCUT2D eigenvalue weighted by Crippen LogP contribution is 2.30. The highest BCUT2D eigenvalue weighted by atomic mass is 16.5. The quantitative estimate of drug-likeness (QED) is 0.900. The Kier molecular flexibility index (Phi) is 4.83. The molecule has 0 unspecified atom stereocenters. The number of likely N-dealkylation sites (N-methyl/N-ethyl adjacent to an activating group) is 1. The number of pyridine rings is 1. The molecule has 2 aliphatic rings. The summed E-state index contributed by atoms with van der Waals surface area (Å²) in [7, 11) is 1.78. The maximum absolute atomic E-state index is 12.7. The van der Waals surface area contributed by atoms with Gasteiger partial charge in [0.1, 0.15) is 6.61 Å². The summed E-state index contributed by atoms with van der Waals surface area (Å²) in [5.41, 5.74) is 0.523. The minimum absolute atomic E-state index is 0.0222. The molecule has 2 atom stereocenters. The van der Waals surface area contributed by atoms with E-state index in [1.165, 1.54) is 0 Å². The lowest BCUT2D eigenvalue weighted by Crippen LogP contribution is -2.39. The van der Waals surface area contributed by atoms with Crippen LogP contribution in [-0.4, -0.2) is 65.4 Å². The summed E-state index contributed by atoms with van der Waals surface area (Å²) in [6.07, 6.45) is 2.40. The van der Waals surface area contributed by atoms with Gasteiger partial charge in [-0.1, -0.05) is 13.8 Å². The first-order valence-electron chi connectivity index (χ1n) is 8.79. The maximum atomic E-state index is 12.7. The van der Waals surface area contributed by atoms with Crippen molar-refractivity contribution in [2.45, 2.75) is 39.3 Å². The average Bonchev–Trinajstić information content (AvgIpc) is 3.09. The number of nitrogens with one attached hydrogen (secondary N) is 1. The van der Waals surface area contributed by atoms with Gasteiger partial charge in [0.05, 0.1) is 17.6 Å². The predicted molar refractivity (Wildman–Crippen MR) is 94.7 cm³/mol. The van der Waals surface area contributed by atoms with Crippen LogP contribution in [0.1, 0.15) is 37.6 Å². The number of ether oxygens (including phenoxy) is 1. The van der Waals surface area contributed by atoms with Gasteiger partial charge in [0.2, 0.25) is 5.91 Å². The molecule has 0 saturated carbocycles. The predicted octanol–water partition coefficient (Wildman–Crippen LogP) is 1.60. The van der Waals surface area contributed by atoms with Crippen LogP contribution < -0.4 is 10.1 Å². The van der Waals surface area contributed by atoms with Crippen molar-refractivity contribution in [1.82, 2.24) is 14.8 Å². The fraction of sp³-hybridized carbons (Fsp3) is 0.611. The second-order valence-corrected chi connectivity index (χ2v) is 7.20. The fourth-order valence-corrected chi connectivity index (χ4v) is 3.22. The molecule has 0 radical (unpaired) electrons. The molecule has 2 aliphatic heterocycles. The number of hydrogen-bond acceptors (Lipinski definition) is 5. The van der Waals surface area contributed by atoms with Crippen molar-refractivity contribution >= 4 is 17.6 Å². The lowest BCUT2D eigenvalue weighted by atomic mass is 10.0. The zero-order valence-electron chi connectivity index (χ0n) is 15.3. The second-order valence-electron chi connectivity index (χ2n) is 7.20. The summed E-state index contributed by atoms with van der Waals surface area (Å²) in [5, 5.41) is 3.36. The number of carbonyl (C=O) groups is 2. The molecule has 1 fully saturated rings. The van der Waals surface area contributed by atoms with E-state index in [1.54, 1.807) is 36.0 Å². The Morgan fingerprint density at radius 2 is 2.20 bits per heavy atom. The van der Waals surface area contributed by atoms with Crippen LogP contribution in [0.4, 0.5) is 5.82 Å². The molecule has 1 N–H and O–H groups in total. The van der Waals surface area contributed by atoms with E-state index in [4.69, 9.17) is 4.74 Å². The van der Waals surface area contributed by atoms with Crippen LogP contribution in [-0.2, 0) is 4.79 Å². The fourth-order valence-electron chi connectivity index (χ4n) is 3.22. The van der Waals surface area contributed by atoms with Crippen molar-refractivity contribution in [3.8, 4) is 5.75 Å². The molecule has 0 aromatic carbocycles. The van der Waals surface area contributed by atoms with Gasteiger partial charge in [0.15, 0.2) is 11.6 Å². The van der Waals surface area contributed by atoms with E-state index in [0.717, 1.165) is 6.42 Å². The SMILES string of the molecule is CC(=O)N(C)[C@H]1CCN(C(=O)c2cnc3c(c2)OC[C@H](C(C)C)N3)C1. The van der Waals surface area contributed by atoms with Crippen molar-refractivity contribution in [1.29, 1.82) is 0 Å². The molecule has 25 heavy (non-hydrogen) atoms. The Labute approximate surface area is 148 Å². The number of likely N-dealkylation sites (tertiary alicyclic amines) is 1. The molecule has 7 nitrogen and oxygen atoms in total. The number of anilines is 1. The van der Waals surface area contributed by atoms with Crippen molar-refractivity contribution in [2.24, 2.45) is 5.92 Å². The van der Waals surface area contributed by atoms with Crippen molar-refractivity contribution in [3.05, 3.63) is 17.8 Å². The molecule has 1 saturated heterocycles. The minimum Gasteiger partial charge on any atom is -0.488 e. The number of nitrogens with zero attached hydrogens (tertiary/aromatic N) is 3. The third-order valence-corrected chi connectivity index (χ3v) is 5.14. The smallest absolute Gasteiger partial charge is 0.255 e. The Balaban J connectivity index is 1.69. The average molecular weight is 346 g/mol. The summed E-state index contributed by atoms with van der Waals surface area (Å²) in [4.78, 5) is 32.1. The molecule has 2 amide bonds. The Hall–Kier alpha value is -2.31. The first-order valence-corrected chi connectivity index (χ1v) is 8.79. The summed E-state index contributed by atoms with van der Waals surface area (Å²) in [6, 6.07) is 2.07. The van der Waals surface area contributed by atoms with Gasteiger partial charge in [-0.25, -0.2) is 4.98 Å². The van der Waals surface area contributed by atoms with Crippen molar-refractivity contribution in [3.63, 3.8) is 0 Å². The van der Waals surface area contributed by atoms with E-state index in [0.29, 0.717) is 42.7 Å². The maximum Gasteiger partial charge on any atom is 0.255 e. The zero-order chi connectivity index (χ0) is 18.1. The molecule has 3 heterocycles. The molecular weight excluding hydrogens is 320 g/mol. The van der Waals surface area contributed by atoms with Gasteiger partial charge in [0, 0.05) is 33.3 Å². The second kappa shape index (κ2) is 6.90. The van der Waals surface area contributed by atoms with Gasteiger partial charge in [-0.2, -0.15) is 0 Å². The molecular formula is C18H26N4O3. The van der Waals surface area contributed by atoms with E-state index in [9.17, 15) is 9.59 Å². The van der Waals surface area contributed by atoms with Gasteiger partial charge in [-0.3, -0.25) is 9.59 Å². The molecule has 0 bridgehead atoms. The minimum atomic E-state index is -0.0654. The zero-order valence-corrected chi connectivity index (χ0v) is 15.3. The van der Waals surface area contributed by atoms with Crippen LogP contribution in [0.5, 0.6) is 5.75 Å². The van der Waals surface area contributed by atoms with Gasteiger partial charge < -0.3 is 19.9 Å². The van der Waals surface area contributed by atoms with Gasteiger partial charge >= 0.3 is 0 Å². The van der Waals surface area contributed by atoms with Crippen molar-refractivity contribution in [2.75, 3.05) is 32.1 Å². The molecule has 0 aliphatic carbocycles. The van der Waals surface area contributed by atoms with E-state index < -0.39 is 0 Å². The van der Waals surface area contributed by atoms with Gasteiger partial charge in [-0.15, -0.1) is 0 Å². The third-order valence-electron chi connectivity index (χ3n) is 5.14. The van der Waals surface area contributed by atoms with Crippen LogP contribution in [0.25, 0.3) is 0 Å². The Morgan fingerprint density at radius 3 is 2.88 bits per heavy atom. The summed E-state index contributed by atoms with van der Waals surface area (Å²) >= 11 is 0. The van der Waals surface area contributed by atoms with E-state index in [2.05, 4.69) is 24.1 Å². The summed E-state index contributed by atoms with van der Waals surface area (Å²) < 4.78 is 5.79. The molecule has 136 valence electrons. The number of carbonyl (C=O) groups excluding carboxylic acids is 2. The molecule has 1 aromatic heterocycles. The Morgan fingerprint density at radius 1 is 1.44 bits per heavy atom. The van der Waals surface area contributed by atoms with Gasteiger partial charge in [0.25, 0.3) is 5.91 Å². The first-order chi connectivity index (χ1) is 11.9. The normalized spacial score (nSPS) is 22.2. The monoisotopic (exact) mass is 346 g/mol. The van der Waals surface area contributed by atoms with E-state index in [1.807, 2.05) is 0 Å². The molecule has 3 rings (SSSR count). The van der Waals surface area contributed by atoms with Crippen LogP contribution in [0.2, 0.25) is 0 Å². The number of rotatable bonds is 3. The van der Waals surface area contributed by atoms with E-state index >= 15 is 0 Å². The molecule has 7 heteroatoms. The van der Waals surface area contributed by atoms with E-state index in [-0.39, 0.29) is 23.9 Å². The van der Waals surface area contributed by atoms with Crippen LogP contribution >= 0.6 is 0 Å². The third kappa shape index (κ3) is 3.55. The molecule has 1 aromatic rings. The standard InChI is InChI=1S/C18H26N4O3/c1-11(2)15-10-25-16-7-13(8-19-17(16)20-15)18(24)22-6-5-14(9-22)21(4)12(3)23/h7-8,11,14-15H,5-6,9-10H2,1-4H3,(H,19,20)/t14-,15+/m0/s1. The first kappa shape index (κ1) is 17.5. The highest BCUT2D eigenvalue weighted by molar-refractivity contribution is 5.95. The van der Waals surface area contributed by atoms with Crippen LogP contribution in [0.3, 0.4) is 0 Å². The number of hydrogen-bond donors (Lipinski definition) is 1. The highest BCUT2D eigenvalue weighted by Gasteiger charge is 2.31.